The lowest BCUT2D eigenvalue weighted by Crippen LogP contribution is -1.93. The van der Waals surface area contributed by atoms with Gasteiger partial charge in [-0.15, -0.1) is 11.8 Å². The molecular weight excluding hydrogens is 227 g/mol. The summed E-state index contributed by atoms with van der Waals surface area (Å²) in [6, 6.07) is 0. The third kappa shape index (κ3) is 3.71. The van der Waals surface area contributed by atoms with E-state index in [1.807, 2.05) is 0 Å². The molecule has 0 aliphatic carbocycles. The van der Waals surface area contributed by atoms with Crippen LogP contribution in [0.1, 0.15) is 13.8 Å². The van der Waals surface area contributed by atoms with E-state index in [0.717, 1.165) is 10.8 Å². The van der Waals surface area contributed by atoms with Crippen LogP contribution < -0.4 is 0 Å². The maximum absolute atomic E-state index is 5.88. The molecule has 0 spiro atoms. The zero-order chi connectivity index (χ0) is 9.84. The van der Waals surface area contributed by atoms with E-state index >= 15 is 0 Å². The average Bonchev–Trinajstić information content (AvgIpc) is 2.06. The van der Waals surface area contributed by atoms with Crippen LogP contribution in [-0.4, -0.2) is 15.7 Å². The number of hydrogen-bond acceptors (Lipinski definition) is 3. The van der Waals surface area contributed by atoms with Crippen molar-refractivity contribution in [1.82, 2.24) is 9.97 Å². The van der Waals surface area contributed by atoms with Gasteiger partial charge in [0, 0.05) is 5.75 Å². The van der Waals surface area contributed by atoms with Gasteiger partial charge in [-0.25, -0.2) is 9.97 Å². The molecule has 1 aromatic rings. The van der Waals surface area contributed by atoms with Crippen LogP contribution >= 0.6 is 35.0 Å². The summed E-state index contributed by atoms with van der Waals surface area (Å²) in [5.74, 6) is 1.59. The molecule has 13 heavy (non-hydrogen) atoms. The Morgan fingerprint density at radius 3 is 2.77 bits per heavy atom. The Morgan fingerprint density at radius 2 is 2.15 bits per heavy atom. The third-order valence-corrected chi connectivity index (χ3v) is 3.22. The summed E-state index contributed by atoms with van der Waals surface area (Å²) in [5, 5.41) is 1.57. The fourth-order valence-corrected chi connectivity index (χ4v) is 1.95. The normalized spacial score (nSPS) is 10.8. The minimum absolute atomic E-state index is 0.246. The Bertz CT molecular complexity index is 291. The molecule has 0 saturated carbocycles. The van der Waals surface area contributed by atoms with Gasteiger partial charge in [0.25, 0.3) is 0 Å². The molecule has 1 rings (SSSR count). The van der Waals surface area contributed by atoms with E-state index in [0.29, 0.717) is 10.9 Å². The molecule has 0 saturated heterocycles. The summed E-state index contributed by atoms with van der Waals surface area (Å²) >= 11 is 13.1. The molecule has 0 N–H and O–H groups in total. The van der Waals surface area contributed by atoms with E-state index in [9.17, 15) is 0 Å². The van der Waals surface area contributed by atoms with Crippen LogP contribution in [0.3, 0.4) is 0 Å². The van der Waals surface area contributed by atoms with Crippen LogP contribution in [0.4, 0.5) is 0 Å². The van der Waals surface area contributed by atoms with E-state index in [1.165, 1.54) is 6.20 Å². The van der Waals surface area contributed by atoms with Crippen LogP contribution in [0.2, 0.25) is 10.3 Å². The van der Waals surface area contributed by atoms with Gasteiger partial charge in [0.2, 0.25) is 5.28 Å². The predicted octanol–water partition coefficient (Wildman–Crippen LogP) is 3.53. The van der Waals surface area contributed by atoms with Crippen molar-refractivity contribution in [2.45, 2.75) is 18.9 Å². The average molecular weight is 237 g/mol. The quantitative estimate of drug-likeness (QED) is 0.457. The van der Waals surface area contributed by atoms with Crippen molar-refractivity contribution >= 4 is 35.0 Å². The van der Waals surface area contributed by atoms with Gasteiger partial charge in [0.1, 0.15) is 5.03 Å². The molecule has 0 atom stereocenters. The highest BCUT2D eigenvalue weighted by molar-refractivity contribution is 7.99. The molecule has 0 aliphatic heterocycles. The Balaban J connectivity index is 2.70. The maximum atomic E-state index is 5.88. The highest BCUT2D eigenvalue weighted by atomic mass is 35.5. The molecule has 2 nitrogen and oxygen atoms in total. The second kappa shape index (κ2) is 5.03. The van der Waals surface area contributed by atoms with Crippen molar-refractivity contribution in [2.75, 3.05) is 5.75 Å². The Hall–Kier alpha value is 0.01000. The molecule has 5 heteroatoms. The molecular formula is C8H10Cl2N2S. The molecule has 0 amide bonds. The maximum Gasteiger partial charge on any atom is 0.223 e. The van der Waals surface area contributed by atoms with Crippen LogP contribution in [0, 0.1) is 5.92 Å². The van der Waals surface area contributed by atoms with Crippen LogP contribution in [-0.2, 0) is 0 Å². The summed E-state index contributed by atoms with van der Waals surface area (Å²) in [7, 11) is 0. The van der Waals surface area contributed by atoms with Crippen molar-refractivity contribution in [1.29, 1.82) is 0 Å². The first kappa shape index (κ1) is 11.1. The number of thioether (sulfide) groups is 1. The van der Waals surface area contributed by atoms with Gasteiger partial charge in [-0.2, -0.15) is 0 Å². The van der Waals surface area contributed by atoms with Gasteiger partial charge in [-0.3, -0.25) is 0 Å². The second-order valence-corrected chi connectivity index (χ2v) is 4.75. The topological polar surface area (TPSA) is 25.8 Å². The second-order valence-electron chi connectivity index (χ2n) is 3.00. The van der Waals surface area contributed by atoms with Gasteiger partial charge in [-0.1, -0.05) is 25.4 Å². The lowest BCUT2D eigenvalue weighted by molar-refractivity contribution is 0.749. The summed E-state index contributed by atoms with van der Waals surface area (Å²) < 4.78 is 0. The molecule has 0 unspecified atom stereocenters. The van der Waals surface area contributed by atoms with Crippen molar-refractivity contribution < 1.29 is 0 Å². The molecule has 72 valence electrons. The molecule has 0 fully saturated rings. The van der Waals surface area contributed by atoms with Crippen molar-refractivity contribution in [3.8, 4) is 0 Å². The lowest BCUT2D eigenvalue weighted by atomic mass is 10.3. The monoisotopic (exact) mass is 236 g/mol. The minimum atomic E-state index is 0.246. The Labute approximate surface area is 92.1 Å². The van der Waals surface area contributed by atoms with Crippen molar-refractivity contribution in [2.24, 2.45) is 5.92 Å². The molecule has 0 radical (unpaired) electrons. The molecule has 0 aromatic carbocycles. The largest absolute Gasteiger partial charge is 0.225 e. The highest BCUT2D eigenvalue weighted by Crippen LogP contribution is 2.26. The minimum Gasteiger partial charge on any atom is -0.225 e. The first-order valence-electron chi connectivity index (χ1n) is 3.90. The molecule has 0 bridgehead atoms. The zero-order valence-corrected chi connectivity index (χ0v) is 9.75. The number of nitrogens with zero attached hydrogens (tertiary/aromatic N) is 2. The standard InChI is InChI=1S/C8H10Cl2N2S/c1-5(2)4-13-7-6(9)3-11-8(10)12-7/h3,5H,4H2,1-2H3. The first-order chi connectivity index (χ1) is 6.09. The fraction of sp³-hybridized carbons (Fsp3) is 0.500. The highest BCUT2D eigenvalue weighted by Gasteiger charge is 2.05. The predicted molar refractivity (Wildman–Crippen MR) is 57.6 cm³/mol. The van der Waals surface area contributed by atoms with Crippen molar-refractivity contribution in [3.05, 3.63) is 16.5 Å². The fourth-order valence-electron chi connectivity index (χ4n) is 0.678. The van der Waals surface area contributed by atoms with E-state index in [4.69, 9.17) is 23.2 Å². The van der Waals surface area contributed by atoms with Crippen molar-refractivity contribution in [3.63, 3.8) is 0 Å². The van der Waals surface area contributed by atoms with E-state index < -0.39 is 0 Å². The van der Waals surface area contributed by atoms with Crippen LogP contribution in [0.5, 0.6) is 0 Å². The smallest absolute Gasteiger partial charge is 0.223 e. The van der Waals surface area contributed by atoms with E-state index in [1.54, 1.807) is 11.8 Å². The van der Waals surface area contributed by atoms with E-state index in [2.05, 4.69) is 23.8 Å². The van der Waals surface area contributed by atoms with Gasteiger partial charge in [-0.05, 0) is 17.5 Å². The van der Waals surface area contributed by atoms with Gasteiger partial charge in [0.15, 0.2) is 0 Å². The Kier molecular flexibility index (Phi) is 4.29. The van der Waals surface area contributed by atoms with Gasteiger partial charge in [0.05, 0.1) is 11.2 Å². The zero-order valence-electron chi connectivity index (χ0n) is 7.42. The van der Waals surface area contributed by atoms with E-state index in [-0.39, 0.29) is 5.28 Å². The number of rotatable bonds is 3. The molecule has 1 aromatic heterocycles. The Morgan fingerprint density at radius 1 is 1.46 bits per heavy atom. The number of halogens is 2. The van der Waals surface area contributed by atoms with Gasteiger partial charge < -0.3 is 0 Å². The van der Waals surface area contributed by atoms with Gasteiger partial charge >= 0.3 is 0 Å². The SMILES string of the molecule is CC(C)CSc1nc(Cl)ncc1Cl. The number of hydrogen-bond donors (Lipinski definition) is 0. The van der Waals surface area contributed by atoms with Crippen LogP contribution in [0.15, 0.2) is 11.2 Å². The lowest BCUT2D eigenvalue weighted by Gasteiger charge is -2.04. The summed E-state index contributed by atoms with van der Waals surface area (Å²) in [5.41, 5.74) is 0. The van der Waals surface area contributed by atoms with Crippen LogP contribution in [0.25, 0.3) is 0 Å². The summed E-state index contributed by atoms with van der Waals surface area (Å²) in [6.07, 6.45) is 1.53. The molecule has 0 aliphatic rings. The molecule has 1 heterocycles. The number of aromatic nitrogens is 2. The first-order valence-corrected chi connectivity index (χ1v) is 5.64. The third-order valence-electron chi connectivity index (χ3n) is 1.24. The summed E-state index contributed by atoms with van der Waals surface area (Å²) in [4.78, 5) is 7.81. The summed E-state index contributed by atoms with van der Waals surface area (Å²) in [6.45, 7) is 4.29.